The highest BCUT2D eigenvalue weighted by atomic mass is 35.5. The Kier molecular flexibility index (Phi) is 10.7. The number of halogens is 4. The third-order valence-electron chi connectivity index (χ3n) is 6.08. The lowest BCUT2D eigenvalue weighted by Crippen LogP contribution is -2.39. The van der Waals surface area contributed by atoms with E-state index < -0.39 is 28.2 Å². The van der Waals surface area contributed by atoms with Crippen LogP contribution in [-0.2, 0) is 32.7 Å². The molecule has 43 heavy (non-hydrogen) atoms. The molecule has 1 amide bonds. The number of alkyl halides is 3. The zero-order valence-electron chi connectivity index (χ0n) is 22.9. The number of rotatable bonds is 10. The quantitative estimate of drug-likeness (QED) is 0.224. The summed E-state index contributed by atoms with van der Waals surface area (Å²) in [6.45, 7) is 2.70. The summed E-state index contributed by atoms with van der Waals surface area (Å²) in [6.07, 6.45) is -5.08. The van der Waals surface area contributed by atoms with Gasteiger partial charge in [0.05, 0.1) is 34.9 Å². The van der Waals surface area contributed by atoms with Gasteiger partial charge in [0.15, 0.2) is 5.82 Å². The Morgan fingerprint density at radius 3 is 2.37 bits per heavy atom. The van der Waals surface area contributed by atoms with E-state index in [0.717, 1.165) is 22.5 Å². The van der Waals surface area contributed by atoms with E-state index in [9.17, 15) is 26.4 Å². The predicted molar refractivity (Wildman–Crippen MR) is 156 cm³/mol. The van der Waals surface area contributed by atoms with E-state index in [2.05, 4.69) is 9.82 Å². The fraction of sp³-hybridized carbons (Fsp3) is 0.269. The number of carboxylic acids is 1. The van der Waals surface area contributed by atoms with Crippen molar-refractivity contribution in [3.05, 3.63) is 70.1 Å². The molecule has 2 aromatic heterocycles. The number of thiophene rings is 1. The minimum Gasteiger partial charge on any atom is -0.496 e. The topological polar surface area (TPSA) is 157 Å². The first-order valence-electron chi connectivity index (χ1n) is 12.2. The monoisotopic (exact) mass is 661 g/mol. The van der Waals surface area contributed by atoms with Gasteiger partial charge >= 0.3 is 12.1 Å². The SMILES string of the molecule is COc1cccc2c1c(NS(=O)(=O)c1ccc(Cl)s1)nn2Cc1cccc(CN(C)[C@@H](C)C(N)=O)c1.O=C(O)C(F)(F)F. The number of sulfonamides is 1. The summed E-state index contributed by atoms with van der Waals surface area (Å²) in [5, 5.41) is 12.3. The van der Waals surface area contributed by atoms with Gasteiger partial charge in [-0.2, -0.15) is 18.3 Å². The van der Waals surface area contributed by atoms with Gasteiger partial charge in [-0.3, -0.25) is 19.1 Å². The summed E-state index contributed by atoms with van der Waals surface area (Å²) in [6, 6.07) is 15.9. The number of nitrogens with zero attached hydrogens (tertiary/aromatic N) is 3. The minimum atomic E-state index is -5.08. The highest BCUT2D eigenvalue weighted by Gasteiger charge is 2.38. The molecule has 232 valence electrons. The molecule has 0 spiro atoms. The van der Waals surface area contributed by atoms with Crippen LogP contribution in [0.2, 0.25) is 4.34 Å². The third-order valence-corrected chi connectivity index (χ3v) is 9.14. The summed E-state index contributed by atoms with van der Waals surface area (Å²) in [4.78, 5) is 22.3. The number of nitrogens with one attached hydrogen (secondary N) is 1. The number of aromatic nitrogens is 2. The van der Waals surface area contributed by atoms with E-state index in [1.807, 2.05) is 48.3 Å². The van der Waals surface area contributed by atoms with E-state index in [0.29, 0.717) is 34.1 Å². The van der Waals surface area contributed by atoms with Gasteiger partial charge < -0.3 is 15.6 Å². The maximum Gasteiger partial charge on any atom is 0.490 e. The van der Waals surface area contributed by atoms with Gasteiger partial charge in [-0.05, 0) is 49.4 Å². The van der Waals surface area contributed by atoms with Crippen molar-refractivity contribution in [3.8, 4) is 5.75 Å². The van der Waals surface area contributed by atoms with Crippen LogP contribution in [0.1, 0.15) is 18.1 Å². The normalized spacial score (nSPS) is 12.5. The van der Waals surface area contributed by atoms with Crippen molar-refractivity contribution in [2.24, 2.45) is 5.73 Å². The number of carbonyl (C=O) groups is 2. The van der Waals surface area contributed by atoms with Crippen LogP contribution in [-0.4, -0.2) is 66.5 Å². The van der Waals surface area contributed by atoms with Crippen LogP contribution >= 0.6 is 22.9 Å². The zero-order valence-corrected chi connectivity index (χ0v) is 25.3. The number of likely N-dealkylation sites (N-methyl/N-ethyl adjacent to an activating group) is 1. The summed E-state index contributed by atoms with van der Waals surface area (Å²) in [5.74, 6) is -2.48. The fourth-order valence-corrected chi connectivity index (χ4v) is 6.31. The molecule has 4 rings (SSSR count). The zero-order chi connectivity index (χ0) is 32.1. The molecule has 0 aliphatic rings. The molecule has 0 fully saturated rings. The minimum absolute atomic E-state index is 0.0899. The van der Waals surface area contributed by atoms with E-state index in [1.54, 1.807) is 17.7 Å². The molecule has 11 nitrogen and oxygen atoms in total. The van der Waals surface area contributed by atoms with Crippen LogP contribution in [0, 0.1) is 0 Å². The summed E-state index contributed by atoms with van der Waals surface area (Å²) < 4.78 is 68.0. The van der Waals surface area contributed by atoms with Gasteiger partial charge in [0.1, 0.15) is 9.96 Å². The number of ether oxygens (including phenoxy) is 1. The van der Waals surface area contributed by atoms with Crippen molar-refractivity contribution in [1.29, 1.82) is 0 Å². The maximum atomic E-state index is 13.0. The summed E-state index contributed by atoms with van der Waals surface area (Å²) in [7, 11) is -0.528. The first-order chi connectivity index (χ1) is 20.0. The van der Waals surface area contributed by atoms with Gasteiger partial charge in [-0.15, -0.1) is 11.3 Å². The van der Waals surface area contributed by atoms with E-state index in [1.165, 1.54) is 19.2 Å². The number of primary amides is 1. The van der Waals surface area contributed by atoms with Crippen LogP contribution in [0.15, 0.2) is 58.8 Å². The van der Waals surface area contributed by atoms with Crippen molar-refractivity contribution >= 4 is 61.6 Å². The van der Waals surface area contributed by atoms with Crippen LogP contribution in [0.25, 0.3) is 10.9 Å². The lowest BCUT2D eigenvalue weighted by Gasteiger charge is -2.22. The van der Waals surface area contributed by atoms with Gasteiger partial charge in [-0.1, -0.05) is 41.9 Å². The first kappa shape index (κ1) is 33.6. The number of carboxylic acid groups (broad SMARTS) is 1. The number of methoxy groups -OCH3 is 1. The Morgan fingerprint density at radius 1 is 1.19 bits per heavy atom. The smallest absolute Gasteiger partial charge is 0.490 e. The largest absolute Gasteiger partial charge is 0.496 e. The molecule has 0 saturated carbocycles. The van der Waals surface area contributed by atoms with Crippen LogP contribution in [0.3, 0.4) is 0 Å². The predicted octanol–water partition coefficient (Wildman–Crippen LogP) is 4.55. The standard InChI is InChI=1S/C24H26ClN5O4S2.C2HF3O2/c1-15(23(26)31)29(2)13-16-6-4-7-17(12-16)14-30-18-8-5-9-19(34-3)22(18)24(27-30)28-36(32,33)21-11-10-20(25)35-21;3-2(4,5)1(6)7/h4-12,15H,13-14H2,1-3H3,(H2,26,31)(H,27,28);(H,6,7)/t15-;/m0./s1. The number of hydrogen-bond acceptors (Lipinski definition) is 8. The Hall–Kier alpha value is -3.86. The van der Waals surface area contributed by atoms with Crippen molar-refractivity contribution in [3.63, 3.8) is 0 Å². The Balaban J connectivity index is 0.000000646. The van der Waals surface area contributed by atoms with E-state index in [-0.39, 0.29) is 15.9 Å². The molecule has 4 N–H and O–H groups in total. The van der Waals surface area contributed by atoms with Crippen LogP contribution in [0.5, 0.6) is 5.75 Å². The van der Waals surface area contributed by atoms with Gasteiger partial charge in [-0.25, -0.2) is 13.2 Å². The molecule has 0 bridgehead atoms. The van der Waals surface area contributed by atoms with Crippen LogP contribution in [0.4, 0.5) is 19.0 Å². The number of nitrogens with two attached hydrogens (primary N) is 1. The molecular weight excluding hydrogens is 635 g/mol. The second-order valence-corrected chi connectivity index (χ2v) is 12.8. The van der Waals surface area contributed by atoms with Crippen molar-refractivity contribution < 1.29 is 41.0 Å². The molecule has 0 saturated heterocycles. The summed E-state index contributed by atoms with van der Waals surface area (Å²) in [5.41, 5.74) is 8.10. The molecule has 17 heteroatoms. The van der Waals surface area contributed by atoms with E-state index in [4.69, 9.17) is 32.0 Å². The molecule has 0 unspecified atom stereocenters. The molecule has 0 radical (unpaired) electrons. The maximum absolute atomic E-state index is 13.0. The highest BCUT2D eigenvalue weighted by molar-refractivity contribution is 7.94. The molecular formula is C26H27ClF3N5O6S2. The summed E-state index contributed by atoms with van der Waals surface area (Å²) >= 11 is 6.91. The number of fused-ring (bicyclic) bond motifs is 1. The Labute approximate surface area is 253 Å². The second kappa shape index (κ2) is 13.6. The second-order valence-electron chi connectivity index (χ2n) is 9.14. The van der Waals surface area contributed by atoms with Gasteiger partial charge in [0.25, 0.3) is 10.0 Å². The van der Waals surface area contributed by atoms with Crippen molar-refractivity contribution in [2.75, 3.05) is 18.9 Å². The Bertz CT molecular complexity index is 1730. The lowest BCUT2D eigenvalue weighted by molar-refractivity contribution is -0.192. The molecule has 2 heterocycles. The average Bonchev–Trinajstić information content (AvgIpc) is 3.52. The Morgan fingerprint density at radius 2 is 1.81 bits per heavy atom. The molecule has 0 aliphatic carbocycles. The van der Waals surface area contributed by atoms with Gasteiger partial charge in [0.2, 0.25) is 5.91 Å². The number of anilines is 1. The van der Waals surface area contributed by atoms with Crippen molar-refractivity contribution in [2.45, 2.75) is 36.4 Å². The highest BCUT2D eigenvalue weighted by Crippen LogP contribution is 2.35. The van der Waals surface area contributed by atoms with Crippen LogP contribution < -0.4 is 15.2 Å². The number of aliphatic carboxylic acids is 1. The number of benzene rings is 2. The molecule has 1 atom stereocenters. The number of amides is 1. The molecule has 2 aromatic carbocycles. The van der Waals surface area contributed by atoms with Crippen molar-refractivity contribution in [1.82, 2.24) is 14.7 Å². The lowest BCUT2D eigenvalue weighted by atomic mass is 10.1. The number of carbonyl (C=O) groups excluding carboxylic acids is 1. The third kappa shape index (κ3) is 8.59. The average molecular weight is 662 g/mol. The van der Waals surface area contributed by atoms with E-state index >= 15 is 0 Å². The number of hydrogen-bond donors (Lipinski definition) is 3. The van der Waals surface area contributed by atoms with Gasteiger partial charge in [0, 0.05) is 6.54 Å². The molecule has 0 aliphatic heterocycles. The first-order valence-corrected chi connectivity index (χ1v) is 14.9. The molecule has 4 aromatic rings. The fourth-order valence-electron chi connectivity index (χ4n) is 3.82.